The molecule has 0 saturated heterocycles. The van der Waals surface area contributed by atoms with Gasteiger partial charge in [0.1, 0.15) is 11.9 Å². The molecule has 1 rings (SSSR count). The zero-order valence-corrected chi connectivity index (χ0v) is 8.10. The van der Waals surface area contributed by atoms with E-state index in [1.54, 1.807) is 6.07 Å². The number of benzene rings is 1. The van der Waals surface area contributed by atoms with Crippen LogP contribution in [0.15, 0.2) is 16.6 Å². The molecule has 0 amide bonds. The largest absolute Gasteiger partial charge is 0.206 e. The average molecular weight is 239 g/mol. The molecule has 0 bridgehead atoms. The number of nitrogens with zero attached hydrogens (tertiary/aromatic N) is 2. The summed E-state index contributed by atoms with van der Waals surface area (Å²) in [6.45, 7) is 0. The van der Waals surface area contributed by atoms with Gasteiger partial charge in [0.05, 0.1) is 18.1 Å². The van der Waals surface area contributed by atoms with Gasteiger partial charge in [-0.15, -0.1) is 0 Å². The van der Waals surface area contributed by atoms with Gasteiger partial charge in [-0.1, -0.05) is 15.9 Å². The van der Waals surface area contributed by atoms with E-state index in [4.69, 9.17) is 10.5 Å². The van der Waals surface area contributed by atoms with E-state index < -0.39 is 5.82 Å². The molecular formula is C9H4BrFN2. The molecule has 64 valence electrons. The quantitative estimate of drug-likeness (QED) is 0.755. The summed E-state index contributed by atoms with van der Waals surface area (Å²) in [5, 5.41) is 16.9. The summed E-state index contributed by atoms with van der Waals surface area (Å²) >= 11 is 3.11. The summed E-state index contributed by atoms with van der Waals surface area (Å²) in [5.74, 6) is -0.573. The van der Waals surface area contributed by atoms with Crippen molar-refractivity contribution >= 4 is 15.9 Å². The van der Waals surface area contributed by atoms with E-state index in [-0.39, 0.29) is 12.0 Å². The van der Waals surface area contributed by atoms with Crippen molar-refractivity contribution in [3.63, 3.8) is 0 Å². The lowest BCUT2D eigenvalue weighted by Gasteiger charge is -2.00. The minimum atomic E-state index is -0.573. The van der Waals surface area contributed by atoms with Gasteiger partial charge in [0.2, 0.25) is 0 Å². The van der Waals surface area contributed by atoms with Crippen molar-refractivity contribution in [2.75, 3.05) is 0 Å². The molecule has 0 saturated carbocycles. The fourth-order valence-corrected chi connectivity index (χ4v) is 1.36. The first kappa shape index (κ1) is 9.70. The van der Waals surface area contributed by atoms with Gasteiger partial charge in [-0.05, 0) is 17.7 Å². The second-order valence-corrected chi connectivity index (χ2v) is 3.22. The van der Waals surface area contributed by atoms with Gasteiger partial charge >= 0.3 is 0 Å². The van der Waals surface area contributed by atoms with Gasteiger partial charge in [0, 0.05) is 4.47 Å². The Labute approximate surface area is 83.3 Å². The van der Waals surface area contributed by atoms with Gasteiger partial charge in [-0.25, -0.2) is 4.39 Å². The van der Waals surface area contributed by atoms with E-state index in [0.717, 1.165) is 0 Å². The summed E-state index contributed by atoms with van der Waals surface area (Å²) in [6, 6.07) is 6.23. The molecule has 4 heteroatoms. The Morgan fingerprint density at radius 2 is 2.08 bits per heavy atom. The van der Waals surface area contributed by atoms with Gasteiger partial charge < -0.3 is 0 Å². The molecule has 0 N–H and O–H groups in total. The molecular weight excluding hydrogens is 235 g/mol. The van der Waals surface area contributed by atoms with Crippen molar-refractivity contribution in [1.29, 1.82) is 10.5 Å². The Kier molecular flexibility index (Phi) is 3.00. The highest BCUT2D eigenvalue weighted by Crippen LogP contribution is 2.21. The van der Waals surface area contributed by atoms with Crippen LogP contribution >= 0.6 is 15.9 Å². The normalized spacial score (nSPS) is 8.92. The predicted octanol–water partition coefficient (Wildman–Crippen LogP) is 2.53. The molecule has 0 fully saturated rings. The molecule has 0 radical (unpaired) electrons. The van der Waals surface area contributed by atoms with E-state index in [9.17, 15) is 4.39 Å². The molecule has 0 aliphatic rings. The van der Waals surface area contributed by atoms with Crippen molar-refractivity contribution in [2.45, 2.75) is 6.42 Å². The van der Waals surface area contributed by atoms with Crippen molar-refractivity contribution in [2.24, 2.45) is 0 Å². The molecule has 1 aromatic carbocycles. The minimum Gasteiger partial charge on any atom is -0.206 e. The number of hydrogen-bond acceptors (Lipinski definition) is 2. The number of halogens is 2. The molecule has 0 aromatic heterocycles. The monoisotopic (exact) mass is 238 g/mol. The number of rotatable bonds is 1. The lowest BCUT2D eigenvalue weighted by atomic mass is 10.1. The molecule has 0 unspecified atom stereocenters. The first-order valence-corrected chi connectivity index (χ1v) is 4.23. The van der Waals surface area contributed by atoms with Crippen LogP contribution in [0.25, 0.3) is 0 Å². The van der Waals surface area contributed by atoms with Gasteiger partial charge in [0.25, 0.3) is 0 Å². The summed E-state index contributed by atoms with van der Waals surface area (Å²) in [5.41, 5.74) is 0.592. The maximum absolute atomic E-state index is 12.9. The van der Waals surface area contributed by atoms with E-state index in [1.165, 1.54) is 12.1 Å². The third-order valence-electron chi connectivity index (χ3n) is 1.53. The topological polar surface area (TPSA) is 47.6 Å². The fourth-order valence-electron chi connectivity index (χ4n) is 0.900. The first-order chi connectivity index (χ1) is 6.19. The third kappa shape index (κ3) is 2.05. The Morgan fingerprint density at radius 3 is 2.62 bits per heavy atom. The fraction of sp³-hybridized carbons (Fsp3) is 0.111. The Morgan fingerprint density at radius 1 is 1.38 bits per heavy atom. The van der Waals surface area contributed by atoms with Crippen LogP contribution in [0.3, 0.4) is 0 Å². The lowest BCUT2D eigenvalue weighted by molar-refractivity contribution is 0.622. The van der Waals surface area contributed by atoms with Crippen LogP contribution in [-0.4, -0.2) is 0 Å². The third-order valence-corrected chi connectivity index (χ3v) is 2.26. The molecule has 0 aliphatic heterocycles. The highest BCUT2D eigenvalue weighted by molar-refractivity contribution is 9.10. The maximum atomic E-state index is 12.9. The molecule has 1 aromatic rings. The molecule has 0 aliphatic carbocycles. The van der Waals surface area contributed by atoms with Crippen LogP contribution in [0.4, 0.5) is 4.39 Å². The van der Waals surface area contributed by atoms with Crippen LogP contribution in [0.5, 0.6) is 0 Å². The van der Waals surface area contributed by atoms with Crippen LogP contribution in [0.2, 0.25) is 0 Å². The van der Waals surface area contributed by atoms with Crippen molar-refractivity contribution in [1.82, 2.24) is 0 Å². The molecule has 2 nitrogen and oxygen atoms in total. The zero-order valence-electron chi connectivity index (χ0n) is 6.51. The summed E-state index contributed by atoms with van der Waals surface area (Å²) in [7, 11) is 0. The Balaban J connectivity index is 3.26. The summed E-state index contributed by atoms with van der Waals surface area (Å²) in [6.07, 6.45) is 0.162. The summed E-state index contributed by atoms with van der Waals surface area (Å²) < 4.78 is 13.5. The van der Waals surface area contributed by atoms with Gasteiger partial charge in [-0.3, -0.25) is 0 Å². The SMILES string of the molecule is N#CCc1cc(C#N)c(F)cc1Br. The zero-order chi connectivity index (χ0) is 9.84. The highest BCUT2D eigenvalue weighted by Gasteiger charge is 2.07. The second kappa shape index (κ2) is 4.02. The van der Waals surface area contributed by atoms with Crippen molar-refractivity contribution in [3.8, 4) is 12.1 Å². The minimum absolute atomic E-state index is 0.0338. The first-order valence-electron chi connectivity index (χ1n) is 3.44. The Bertz CT molecular complexity index is 415. The molecule has 13 heavy (non-hydrogen) atoms. The van der Waals surface area contributed by atoms with Crippen LogP contribution in [0, 0.1) is 28.5 Å². The Hall–Kier alpha value is -1.39. The number of nitriles is 2. The smallest absolute Gasteiger partial charge is 0.142 e. The van der Waals surface area contributed by atoms with Crippen LogP contribution in [0.1, 0.15) is 11.1 Å². The average Bonchev–Trinajstić information content (AvgIpc) is 2.10. The maximum Gasteiger partial charge on any atom is 0.142 e. The van der Waals surface area contributed by atoms with Gasteiger partial charge in [0.15, 0.2) is 0 Å². The predicted molar refractivity (Wildman–Crippen MR) is 48.1 cm³/mol. The lowest BCUT2D eigenvalue weighted by Crippen LogP contribution is -1.90. The van der Waals surface area contributed by atoms with Crippen molar-refractivity contribution < 1.29 is 4.39 Å². The number of hydrogen-bond donors (Lipinski definition) is 0. The van der Waals surface area contributed by atoms with E-state index in [1.807, 2.05) is 6.07 Å². The second-order valence-electron chi connectivity index (χ2n) is 2.37. The van der Waals surface area contributed by atoms with Crippen LogP contribution in [-0.2, 0) is 6.42 Å². The van der Waals surface area contributed by atoms with E-state index >= 15 is 0 Å². The molecule has 0 spiro atoms. The van der Waals surface area contributed by atoms with Crippen LogP contribution < -0.4 is 0 Å². The van der Waals surface area contributed by atoms with Crippen molar-refractivity contribution in [3.05, 3.63) is 33.5 Å². The summed E-state index contributed by atoms with van der Waals surface area (Å²) in [4.78, 5) is 0. The van der Waals surface area contributed by atoms with E-state index in [2.05, 4.69) is 15.9 Å². The standard InChI is InChI=1S/C9H4BrFN2/c10-8-4-9(11)7(5-13)3-6(8)1-2-12/h3-4H,1H2. The highest BCUT2D eigenvalue weighted by atomic mass is 79.9. The molecule has 0 atom stereocenters. The van der Waals surface area contributed by atoms with E-state index in [0.29, 0.717) is 10.0 Å². The molecule has 0 heterocycles. The van der Waals surface area contributed by atoms with Gasteiger partial charge in [-0.2, -0.15) is 10.5 Å².